The molecular weight excluding hydrogens is 208 g/mol. The van der Waals surface area contributed by atoms with Crippen molar-refractivity contribution in [2.24, 2.45) is 0 Å². The van der Waals surface area contributed by atoms with Crippen molar-refractivity contribution in [1.29, 1.82) is 0 Å². The summed E-state index contributed by atoms with van der Waals surface area (Å²) >= 11 is 0. The molecule has 17 heavy (non-hydrogen) atoms. The van der Waals surface area contributed by atoms with Crippen LogP contribution in [0.2, 0.25) is 0 Å². The molecular formula is C15H32N2. The maximum absolute atomic E-state index is 3.61. The van der Waals surface area contributed by atoms with Crippen LogP contribution >= 0.6 is 0 Å². The van der Waals surface area contributed by atoms with Crippen LogP contribution in [-0.2, 0) is 0 Å². The second kappa shape index (κ2) is 9.90. The zero-order valence-corrected chi connectivity index (χ0v) is 12.0. The molecule has 1 fully saturated rings. The lowest BCUT2D eigenvalue weighted by Gasteiger charge is -2.30. The second-order valence-corrected chi connectivity index (χ2v) is 5.56. The van der Waals surface area contributed by atoms with Gasteiger partial charge in [-0.1, -0.05) is 39.0 Å². The van der Waals surface area contributed by atoms with Gasteiger partial charge in [0.05, 0.1) is 0 Å². The van der Waals surface area contributed by atoms with Gasteiger partial charge in [-0.25, -0.2) is 0 Å². The van der Waals surface area contributed by atoms with Gasteiger partial charge in [0.2, 0.25) is 0 Å². The van der Waals surface area contributed by atoms with E-state index in [-0.39, 0.29) is 0 Å². The molecule has 0 aromatic rings. The Morgan fingerprint density at radius 2 is 1.65 bits per heavy atom. The van der Waals surface area contributed by atoms with Crippen molar-refractivity contribution >= 4 is 0 Å². The average molecular weight is 240 g/mol. The molecule has 0 aromatic heterocycles. The van der Waals surface area contributed by atoms with Gasteiger partial charge < -0.3 is 5.32 Å². The van der Waals surface area contributed by atoms with E-state index < -0.39 is 0 Å². The van der Waals surface area contributed by atoms with E-state index >= 15 is 0 Å². The van der Waals surface area contributed by atoms with Crippen LogP contribution in [0.15, 0.2) is 0 Å². The smallest absolute Gasteiger partial charge is 0.0192 e. The third kappa shape index (κ3) is 7.05. The van der Waals surface area contributed by atoms with Gasteiger partial charge in [0.1, 0.15) is 0 Å². The summed E-state index contributed by atoms with van der Waals surface area (Å²) in [6.07, 6.45) is 11.2. The number of nitrogens with zero attached hydrogens (tertiary/aromatic N) is 1. The molecule has 1 aliphatic rings. The lowest BCUT2D eigenvalue weighted by atomic mass is 10.1. The van der Waals surface area contributed by atoms with E-state index in [1.54, 1.807) is 0 Å². The molecule has 102 valence electrons. The Morgan fingerprint density at radius 1 is 1.00 bits per heavy atom. The van der Waals surface area contributed by atoms with Crippen LogP contribution < -0.4 is 5.32 Å². The number of rotatable bonds is 7. The Morgan fingerprint density at radius 3 is 2.29 bits per heavy atom. The average Bonchev–Trinajstić information content (AvgIpc) is 2.28. The van der Waals surface area contributed by atoms with Crippen molar-refractivity contribution in [3.63, 3.8) is 0 Å². The van der Waals surface area contributed by atoms with E-state index in [0.29, 0.717) is 0 Å². The summed E-state index contributed by atoms with van der Waals surface area (Å²) in [5, 5.41) is 3.61. The first-order valence-electron chi connectivity index (χ1n) is 7.79. The molecule has 0 aromatic carbocycles. The topological polar surface area (TPSA) is 15.3 Å². The van der Waals surface area contributed by atoms with Crippen LogP contribution in [0.5, 0.6) is 0 Å². The number of likely N-dealkylation sites (tertiary alicyclic amines) is 1. The Kier molecular flexibility index (Phi) is 8.72. The van der Waals surface area contributed by atoms with Crippen molar-refractivity contribution < 1.29 is 0 Å². The molecule has 0 aliphatic carbocycles. The van der Waals surface area contributed by atoms with E-state index in [1.165, 1.54) is 77.5 Å². The Bertz CT molecular complexity index is 162. The van der Waals surface area contributed by atoms with Crippen molar-refractivity contribution in [3.05, 3.63) is 0 Å². The monoisotopic (exact) mass is 240 g/mol. The van der Waals surface area contributed by atoms with Gasteiger partial charge in [-0.05, 0) is 45.8 Å². The minimum Gasteiger partial charge on any atom is -0.315 e. The molecule has 0 spiro atoms. The molecule has 0 radical (unpaired) electrons. The van der Waals surface area contributed by atoms with Crippen LogP contribution in [0.3, 0.4) is 0 Å². The zero-order valence-electron chi connectivity index (χ0n) is 12.0. The Labute approximate surface area is 108 Å². The van der Waals surface area contributed by atoms with Crippen molar-refractivity contribution in [1.82, 2.24) is 10.2 Å². The van der Waals surface area contributed by atoms with Gasteiger partial charge in [0.15, 0.2) is 0 Å². The summed E-state index contributed by atoms with van der Waals surface area (Å²) in [5.74, 6) is 0. The third-order valence-corrected chi connectivity index (χ3v) is 3.91. The minimum atomic E-state index is 0.717. The summed E-state index contributed by atoms with van der Waals surface area (Å²) in [4.78, 5) is 2.69. The van der Waals surface area contributed by atoms with Crippen LogP contribution in [-0.4, -0.2) is 37.1 Å². The predicted molar refractivity (Wildman–Crippen MR) is 76.5 cm³/mol. The van der Waals surface area contributed by atoms with E-state index in [4.69, 9.17) is 0 Å². The fraction of sp³-hybridized carbons (Fsp3) is 1.00. The number of hydrogen-bond acceptors (Lipinski definition) is 2. The van der Waals surface area contributed by atoms with Gasteiger partial charge in [-0.3, -0.25) is 4.90 Å². The third-order valence-electron chi connectivity index (χ3n) is 3.91. The lowest BCUT2D eigenvalue weighted by Crippen LogP contribution is -2.42. The summed E-state index contributed by atoms with van der Waals surface area (Å²) in [6.45, 7) is 9.66. The fourth-order valence-electron chi connectivity index (χ4n) is 2.65. The summed E-state index contributed by atoms with van der Waals surface area (Å²) in [6, 6.07) is 0.717. The van der Waals surface area contributed by atoms with Crippen molar-refractivity contribution in [2.75, 3.05) is 26.2 Å². The molecule has 1 atom stereocenters. The second-order valence-electron chi connectivity index (χ2n) is 5.56. The molecule has 1 unspecified atom stereocenters. The Hall–Kier alpha value is -0.0800. The molecule has 0 saturated carbocycles. The van der Waals surface area contributed by atoms with Crippen LogP contribution in [0.25, 0.3) is 0 Å². The maximum Gasteiger partial charge on any atom is 0.0192 e. The largest absolute Gasteiger partial charge is 0.315 e. The van der Waals surface area contributed by atoms with Gasteiger partial charge >= 0.3 is 0 Å². The van der Waals surface area contributed by atoms with Crippen LogP contribution in [0.4, 0.5) is 0 Å². The molecule has 0 amide bonds. The van der Waals surface area contributed by atoms with Crippen molar-refractivity contribution in [3.8, 4) is 0 Å². The quantitative estimate of drug-likeness (QED) is 0.686. The summed E-state index contributed by atoms with van der Waals surface area (Å²) in [7, 11) is 0. The highest BCUT2D eigenvalue weighted by molar-refractivity contribution is 4.71. The number of nitrogens with one attached hydrogen (secondary N) is 1. The molecule has 2 heteroatoms. The maximum atomic E-state index is 3.61. The molecule has 1 aliphatic heterocycles. The van der Waals surface area contributed by atoms with Gasteiger partial charge in [0, 0.05) is 12.6 Å². The SMILES string of the molecule is CCCCCNCC(C)N1CCCCCCC1. The van der Waals surface area contributed by atoms with Crippen molar-refractivity contribution in [2.45, 2.75) is 71.3 Å². The molecule has 0 bridgehead atoms. The molecule has 1 saturated heterocycles. The Balaban J connectivity index is 2.09. The number of hydrogen-bond donors (Lipinski definition) is 1. The molecule has 1 heterocycles. The molecule has 1 N–H and O–H groups in total. The van der Waals surface area contributed by atoms with Gasteiger partial charge in [-0.15, -0.1) is 0 Å². The fourth-order valence-corrected chi connectivity index (χ4v) is 2.65. The highest BCUT2D eigenvalue weighted by Crippen LogP contribution is 2.12. The lowest BCUT2D eigenvalue weighted by molar-refractivity contribution is 0.186. The first-order valence-corrected chi connectivity index (χ1v) is 7.79. The number of unbranched alkanes of at least 4 members (excludes halogenated alkanes) is 2. The predicted octanol–water partition coefficient (Wildman–Crippen LogP) is 3.42. The normalized spacial score (nSPS) is 20.8. The van der Waals surface area contributed by atoms with Crippen LogP contribution in [0, 0.1) is 0 Å². The first kappa shape index (κ1) is 15.0. The van der Waals surface area contributed by atoms with E-state index in [2.05, 4.69) is 24.1 Å². The highest BCUT2D eigenvalue weighted by atomic mass is 15.2. The molecule has 2 nitrogen and oxygen atoms in total. The minimum absolute atomic E-state index is 0.717. The first-order chi connectivity index (χ1) is 8.34. The summed E-state index contributed by atoms with van der Waals surface area (Å²) in [5.41, 5.74) is 0. The van der Waals surface area contributed by atoms with E-state index in [9.17, 15) is 0 Å². The van der Waals surface area contributed by atoms with E-state index in [0.717, 1.165) is 6.04 Å². The van der Waals surface area contributed by atoms with Gasteiger partial charge in [-0.2, -0.15) is 0 Å². The summed E-state index contributed by atoms with van der Waals surface area (Å²) < 4.78 is 0. The molecule has 1 rings (SSSR count). The van der Waals surface area contributed by atoms with Gasteiger partial charge in [0.25, 0.3) is 0 Å². The van der Waals surface area contributed by atoms with E-state index in [1.807, 2.05) is 0 Å². The van der Waals surface area contributed by atoms with Crippen LogP contribution in [0.1, 0.15) is 65.2 Å². The zero-order chi connectivity index (χ0) is 12.3. The highest BCUT2D eigenvalue weighted by Gasteiger charge is 2.14. The standard InChI is InChI=1S/C15H32N2/c1-3-4-8-11-16-14-15(2)17-12-9-6-5-7-10-13-17/h15-16H,3-14H2,1-2H3.